The van der Waals surface area contributed by atoms with Crippen LogP contribution in [0.15, 0.2) is 45.7 Å². The van der Waals surface area contributed by atoms with E-state index in [0.29, 0.717) is 16.2 Å². The lowest BCUT2D eigenvalue weighted by Gasteiger charge is -2.18. The molecule has 168 valence electrons. The van der Waals surface area contributed by atoms with Crippen LogP contribution in [0.4, 0.5) is 5.95 Å². The van der Waals surface area contributed by atoms with Crippen LogP contribution in [-0.4, -0.2) is 47.0 Å². The minimum atomic E-state index is -0.0477. The van der Waals surface area contributed by atoms with Gasteiger partial charge in [0.2, 0.25) is 11.7 Å². The molecule has 0 amide bonds. The molecule has 9 nitrogen and oxygen atoms in total. The van der Waals surface area contributed by atoms with Gasteiger partial charge in [-0.05, 0) is 43.3 Å². The van der Waals surface area contributed by atoms with E-state index in [-0.39, 0.29) is 5.56 Å². The van der Waals surface area contributed by atoms with Crippen LogP contribution in [0.5, 0.6) is 0 Å². The van der Waals surface area contributed by atoms with Crippen molar-refractivity contribution in [1.82, 2.24) is 33.9 Å². The number of aryl methyl sites for hydroxylation is 2. The summed E-state index contributed by atoms with van der Waals surface area (Å²) in [5.41, 5.74) is 3.05. The van der Waals surface area contributed by atoms with E-state index in [0.717, 1.165) is 41.2 Å². The molecule has 1 aliphatic rings. The molecule has 0 N–H and O–H groups in total. The van der Waals surface area contributed by atoms with Crippen molar-refractivity contribution in [2.45, 2.75) is 30.7 Å². The summed E-state index contributed by atoms with van der Waals surface area (Å²) in [5.74, 6) is 2.75. The minimum absolute atomic E-state index is 0.0477. The molecular formula is C22H22N8OS2. The molecule has 1 fully saturated rings. The molecule has 0 radical (unpaired) electrons. The Hall–Kier alpha value is -3.18. The van der Waals surface area contributed by atoms with Crippen LogP contribution in [0.25, 0.3) is 21.7 Å². The molecule has 0 unspecified atom stereocenters. The van der Waals surface area contributed by atoms with Gasteiger partial charge in [0.15, 0.2) is 5.16 Å². The fraction of sp³-hybridized carbons (Fsp3) is 0.318. The van der Waals surface area contributed by atoms with Crippen LogP contribution < -0.4 is 10.5 Å². The Bertz CT molecular complexity index is 1520. The maximum Gasteiger partial charge on any atom is 0.272 e. The van der Waals surface area contributed by atoms with Crippen molar-refractivity contribution in [3.8, 4) is 5.69 Å². The standard InChI is InChI=1S/C22H22N8OS2/c1-14-5-7-15(8-6-14)29-21(28-10-3-4-11-28)25-26-22(29)33-13-17-23-24-20-27(2)19(31)18-16(30(17)20)9-12-32-18/h5-9,12H,3-4,10-11,13H2,1-2H3. The summed E-state index contributed by atoms with van der Waals surface area (Å²) in [7, 11) is 1.73. The normalized spacial score (nSPS) is 14.2. The van der Waals surface area contributed by atoms with Crippen molar-refractivity contribution in [1.29, 1.82) is 0 Å². The van der Waals surface area contributed by atoms with E-state index in [2.05, 4.69) is 61.1 Å². The van der Waals surface area contributed by atoms with Crippen LogP contribution in [0, 0.1) is 6.92 Å². The maximum atomic E-state index is 12.6. The molecule has 0 spiro atoms. The molecule has 33 heavy (non-hydrogen) atoms. The zero-order chi connectivity index (χ0) is 22.5. The van der Waals surface area contributed by atoms with Gasteiger partial charge in [-0.15, -0.1) is 31.7 Å². The summed E-state index contributed by atoms with van der Waals surface area (Å²) in [4.78, 5) is 14.9. The molecule has 1 aliphatic heterocycles. The largest absolute Gasteiger partial charge is 0.341 e. The van der Waals surface area contributed by atoms with E-state index in [4.69, 9.17) is 0 Å². The van der Waals surface area contributed by atoms with Crippen molar-refractivity contribution in [3.63, 3.8) is 0 Å². The SMILES string of the molecule is Cc1ccc(-n2c(SCc3nnc4n(C)c(=O)c5sccc5n34)nnc2N2CCCC2)cc1. The highest BCUT2D eigenvalue weighted by molar-refractivity contribution is 7.98. The molecule has 0 saturated carbocycles. The summed E-state index contributed by atoms with van der Waals surface area (Å²) in [6.07, 6.45) is 2.34. The van der Waals surface area contributed by atoms with Gasteiger partial charge in [-0.25, -0.2) is 0 Å². The Kier molecular flexibility index (Phi) is 4.95. The highest BCUT2D eigenvalue weighted by Crippen LogP contribution is 2.31. The van der Waals surface area contributed by atoms with Crippen LogP contribution in [-0.2, 0) is 12.8 Å². The second-order valence-corrected chi connectivity index (χ2v) is 10.0. The zero-order valence-corrected chi connectivity index (χ0v) is 19.9. The van der Waals surface area contributed by atoms with Gasteiger partial charge in [0.05, 0.1) is 17.0 Å². The quantitative estimate of drug-likeness (QED) is 0.358. The predicted molar refractivity (Wildman–Crippen MR) is 131 cm³/mol. The second-order valence-electron chi connectivity index (χ2n) is 8.19. The third-order valence-electron chi connectivity index (χ3n) is 6.02. The molecule has 0 bridgehead atoms. The molecular weight excluding hydrogens is 456 g/mol. The van der Waals surface area contributed by atoms with Gasteiger partial charge in [0.1, 0.15) is 10.5 Å². The molecule has 1 saturated heterocycles. The molecule has 0 aliphatic carbocycles. The molecule has 4 aromatic heterocycles. The van der Waals surface area contributed by atoms with Crippen LogP contribution in [0.1, 0.15) is 24.2 Å². The van der Waals surface area contributed by atoms with Crippen molar-refractivity contribution in [2.75, 3.05) is 18.0 Å². The first-order valence-corrected chi connectivity index (χ1v) is 12.7. The topological polar surface area (TPSA) is 86.1 Å². The molecule has 5 heterocycles. The van der Waals surface area contributed by atoms with Crippen LogP contribution in [0.3, 0.4) is 0 Å². The Morgan fingerprint density at radius 3 is 2.61 bits per heavy atom. The number of nitrogens with zero attached hydrogens (tertiary/aromatic N) is 8. The summed E-state index contributed by atoms with van der Waals surface area (Å²) < 4.78 is 6.36. The van der Waals surface area contributed by atoms with Crippen molar-refractivity contribution in [3.05, 3.63) is 57.5 Å². The van der Waals surface area contributed by atoms with Gasteiger partial charge in [-0.2, -0.15) is 0 Å². The number of anilines is 1. The summed E-state index contributed by atoms with van der Waals surface area (Å²) >= 11 is 3.01. The van der Waals surface area contributed by atoms with Gasteiger partial charge in [-0.1, -0.05) is 29.5 Å². The number of benzene rings is 1. The van der Waals surface area contributed by atoms with Crippen molar-refractivity contribution in [2.24, 2.45) is 7.05 Å². The summed E-state index contributed by atoms with van der Waals surface area (Å²) in [6.45, 7) is 4.07. The number of thiophene rings is 1. The Morgan fingerprint density at radius 2 is 1.82 bits per heavy atom. The van der Waals surface area contributed by atoms with Crippen molar-refractivity contribution < 1.29 is 0 Å². The zero-order valence-electron chi connectivity index (χ0n) is 18.3. The van der Waals surface area contributed by atoms with E-state index < -0.39 is 0 Å². The highest BCUT2D eigenvalue weighted by Gasteiger charge is 2.23. The Balaban J connectivity index is 1.40. The fourth-order valence-corrected chi connectivity index (χ4v) is 5.98. The lowest BCUT2D eigenvalue weighted by Crippen LogP contribution is -2.22. The van der Waals surface area contributed by atoms with Crippen LogP contribution >= 0.6 is 23.1 Å². The first kappa shape index (κ1) is 20.4. The van der Waals surface area contributed by atoms with E-state index in [1.165, 1.54) is 29.7 Å². The number of hydrogen-bond donors (Lipinski definition) is 0. The van der Waals surface area contributed by atoms with Gasteiger partial charge in [0.25, 0.3) is 5.56 Å². The van der Waals surface area contributed by atoms with E-state index in [1.807, 2.05) is 15.8 Å². The minimum Gasteiger partial charge on any atom is -0.341 e. The predicted octanol–water partition coefficient (Wildman–Crippen LogP) is 3.42. The maximum absolute atomic E-state index is 12.6. The van der Waals surface area contributed by atoms with E-state index in [1.54, 1.807) is 23.4 Å². The molecule has 6 rings (SSSR count). The molecule has 1 aromatic carbocycles. The fourth-order valence-electron chi connectivity index (χ4n) is 4.27. The number of fused-ring (bicyclic) bond motifs is 3. The molecule has 5 aromatic rings. The number of hydrogen-bond acceptors (Lipinski definition) is 8. The molecule has 0 atom stereocenters. The Labute approximate surface area is 197 Å². The first-order valence-electron chi connectivity index (χ1n) is 10.8. The van der Waals surface area contributed by atoms with Crippen LogP contribution in [0.2, 0.25) is 0 Å². The summed E-state index contributed by atoms with van der Waals surface area (Å²) in [6, 6.07) is 10.4. The average molecular weight is 479 g/mol. The smallest absolute Gasteiger partial charge is 0.272 e. The van der Waals surface area contributed by atoms with Gasteiger partial charge in [-0.3, -0.25) is 18.3 Å². The third kappa shape index (κ3) is 3.34. The summed E-state index contributed by atoms with van der Waals surface area (Å²) in [5, 5.41) is 20.5. The average Bonchev–Trinajstić information content (AvgIpc) is 3.61. The second kappa shape index (κ2) is 7.99. The lowest BCUT2D eigenvalue weighted by atomic mass is 10.2. The van der Waals surface area contributed by atoms with Gasteiger partial charge < -0.3 is 4.90 Å². The molecule has 11 heteroatoms. The lowest BCUT2D eigenvalue weighted by molar-refractivity contribution is 0.839. The van der Waals surface area contributed by atoms with E-state index in [9.17, 15) is 4.79 Å². The first-order chi connectivity index (χ1) is 16.1. The van der Waals surface area contributed by atoms with Gasteiger partial charge in [0, 0.05) is 20.1 Å². The number of aromatic nitrogens is 7. The number of thioether (sulfide) groups is 1. The highest BCUT2D eigenvalue weighted by atomic mass is 32.2. The van der Waals surface area contributed by atoms with Crippen molar-refractivity contribution >= 4 is 45.0 Å². The van der Waals surface area contributed by atoms with Gasteiger partial charge >= 0.3 is 0 Å². The Morgan fingerprint density at radius 1 is 1.03 bits per heavy atom. The third-order valence-corrected chi connectivity index (χ3v) is 7.84. The number of rotatable bonds is 5. The monoisotopic (exact) mass is 478 g/mol. The van der Waals surface area contributed by atoms with E-state index >= 15 is 0 Å².